The number of hydrogen-bond donors (Lipinski definition) is 1. The minimum absolute atomic E-state index is 0.00356. The lowest BCUT2D eigenvalue weighted by atomic mass is 10.2. The highest BCUT2D eigenvalue weighted by atomic mass is 19.1. The fraction of sp³-hybridized carbons (Fsp3) is 0. The summed E-state index contributed by atoms with van der Waals surface area (Å²) in [6.07, 6.45) is 1.11. The first kappa shape index (κ1) is 14.4. The Bertz CT molecular complexity index is 840. The smallest absolute Gasteiger partial charge is 0.401 e. The predicted octanol–water partition coefficient (Wildman–Crippen LogP) is 1.79. The average Bonchev–Trinajstić information content (AvgIpc) is 3.09. The van der Waals surface area contributed by atoms with Crippen LogP contribution in [0.1, 0.15) is 5.76 Å². The lowest BCUT2D eigenvalue weighted by Crippen LogP contribution is -2.35. The van der Waals surface area contributed by atoms with E-state index in [0.29, 0.717) is 0 Å². The van der Waals surface area contributed by atoms with Crippen LogP contribution in [0.5, 0.6) is 0 Å². The molecule has 1 aliphatic rings. The van der Waals surface area contributed by atoms with Gasteiger partial charge >= 0.3 is 5.88 Å². The summed E-state index contributed by atoms with van der Waals surface area (Å²) in [5.41, 5.74) is 2.34. The molecule has 0 spiro atoms. The molecule has 9 heteroatoms. The Balaban J connectivity index is 1.90. The summed E-state index contributed by atoms with van der Waals surface area (Å²) in [5.74, 6) is -2.36. The Labute approximate surface area is 127 Å². The van der Waals surface area contributed by atoms with E-state index in [2.05, 4.69) is 5.43 Å². The van der Waals surface area contributed by atoms with Gasteiger partial charge in [-0.25, -0.2) is 9.40 Å². The number of hydrogen-bond acceptors (Lipinski definition) is 5. The number of nitro groups is 1. The Morgan fingerprint density at radius 3 is 2.48 bits per heavy atom. The molecule has 0 atom stereocenters. The van der Waals surface area contributed by atoms with Gasteiger partial charge in [0.1, 0.15) is 22.1 Å². The zero-order valence-corrected chi connectivity index (χ0v) is 11.4. The van der Waals surface area contributed by atoms with Gasteiger partial charge in [-0.2, -0.15) is 0 Å². The number of benzene rings is 1. The maximum absolute atomic E-state index is 12.9. The van der Waals surface area contributed by atoms with Crippen LogP contribution in [0, 0.1) is 15.9 Å². The number of furan rings is 1. The fourth-order valence-corrected chi connectivity index (χ4v) is 1.99. The number of nitrogens with zero attached hydrogens (tertiary/aromatic N) is 2. The van der Waals surface area contributed by atoms with Crippen LogP contribution in [0.2, 0.25) is 0 Å². The van der Waals surface area contributed by atoms with Crippen molar-refractivity contribution in [3.05, 3.63) is 63.7 Å². The first-order valence-corrected chi connectivity index (χ1v) is 6.32. The normalized spacial score (nSPS) is 16.0. The van der Waals surface area contributed by atoms with Gasteiger partial charge in [0.25, 0.3) is 11.8 Å². The molecule has 8 nitrogen and oxygen atoms in total. The van der Waals surface area contributed by atoms with Gasteiger partial charge in [-0.05, 0) is 36.4 Å². The second-order valence-corrected chi connectivity index (χ2v) is 4.55. The van der Waals surface area contributed by atoms with Crippen molar-refractivity contribution < 1.29 is 23.3 Å². The number of anilines is 1. The van der Waals surface area contributed by atoms with E-state index in [4.69, 9.17) is 4.42 Å². The molecule has 23 heavy (non-hydrogen) atoms. The van der Waals surface area contributed by atoms with Gasteiger partial charge in [0.2, 0.25) is 0 Å². The Morgan fingerprint density at radius 1 is 1.17 bits per heavy atom. The Kier molecular flexibility index (Phi) is 3.37. The molecular weight excluding hydrogens is 309 g/mol. The van der Waals surface area contributed by atoms with Crippen molar-refractivity contribution in [2.75, 3.05) is 5.01 Å². The van der Waals surface area contributed by atoms with Crippen LogP contribution < -0.4 is 10.4 Å². The van der Waals surface area contributed by atoms with Crippen molar-refractivity contribution in [3.8, 4) is 0 Å². The van der Waals surface area contributed by atoms with Crippen molar-refractivity contribution in [2.45, 2.75) is 0 Å². The molecule has 116 valence electrons. The zero-order chi connectivity index (χ0) is 16.6. The standard InChI is InChI=1S/C14H8FN3O5/c15-8-1-3-9(4-2-8)17-14(20)11(13(19)16-17)7-10-5-6-12(23-10)18(21)22/h1-7H,(H,16,19)/b11-7+. The molecular formula is C14H8FN3O5. The summed E-state index contributed by atoms with van der Waals surface area (Å²) in [4.78, 5) is 34.0. The van der Waals surface area contributed by atoms with Gasteiger partial charge in [-0.1, -0.05) is 0 Å². The van der Waals surface area contributed by atoms with Gasteiger partial charge in [0.05, 0.1) is 11.8 Å². The maximum Gasteiger partial charge on any atom is 0.433 e. The minimum Gasteiger partial charge on any atom is -0.401 e. The molecule has 0 radical (unpaired) electrons. The van der Waals surface area contributed by atoms with E-state index in [-0.39, 0.29) is 17.0 Å². The van der Waals surface area contributed by atoms with Gasteiger partial charge in [-0.3, -0.25) is 25.1 Å². The molecule has 1 saturated heterocycles. The number of amides is 2. The lowest BCUT2D eigenvalue weighted by Gasteiger charge is -2.14. The molecule has 0 unspecified atom stereocenters. The molecule has 2 amide bonds. The third-order valence-corrected chi connectivity index (χ3v) is 3.06. The molecule has 0 bridgehead atoms. The van der Waals surface area contributed by atoms with Crippen LogP contribution in [-0.4, -0.2) is 16.7 Å². The van der Waals surface area contributed by atoms with Crippen LogP contribution in [0.25, 0.3) is 6.08 Å². The number of rotatable bonds is 3. The first-order chi connectivity index (χ1) is 11.0. The molecule has 2 heterocycles. The summed E-state index contributed by atoms with van der Waals surface area (Å²) in [6, 6.07) is 7.33. The minimum atomic E-state index is -0.733. The molecule has 0 aliphatic carbocycles. The molecule has 3 rings (SSSR count). The molecule has 1 fully saturated rings. The van der Waals surface area contributed by atoms with Crippen LogP contribution in [0.4, 0.5) is 16.0 Å². The number of carbonyl (C=O) groups is 2. The van der Waals surface area contributed by atoms with E-state index in [9.17, 15) is 24.1 Å². The highest BCUT2D eigenvalue weighted by molar-refractivity contribution is 6.31. The van der Waals surface area contributed by atoms with E-state index in [1.165, 1.54) is 18.2 Å². The largest absolute Gasteiger partial charge is 0.433 e. The van der Waals surface area contributed by atoms with Gasteiger partial charge in [0.15, 0.2) is 0 Å². The third kappa shape index (κ3) is 2.67. The summed E-state index contributed by atoms with van der Waals surface area (Å²) in [5, 5.41) is 11.5. The van der Waals surface area contributed by atoms with E-state index < -0.39 is 28.4 Å². The lowest BCUT2D eigenvalue weighted by molar-refractivity contribution is -0.402. The van der Waals surface area contributed by atoms with Crippen molar-refractivity contribution in [2.24, 2.45) is 0 Å². The SMILES string of the molecule is O=C1NN(c2ccc(F)cc2)C(=O)/C1=C/c1ccc([N+](=O)[O-])o1. The van der Waals surface area contributed by atoms with E-state index in [0.717, 1.165) is 29.3 Å². The quantitative estimate of drug-likeness (QED) is 0.402. The van der Waals surface area contributed by atoms with Crippen LogP contribution in [-0.2, 0) is 9.59 Å². The summed E-state index contributed by atoms with van der Waals surface area (Å²) in [7, 11) is 0. The van der Waals surface area contributed by atoms with E-state index in [1.807, 2.05) is 0 Å². The van der Waals surface area contributed by atoms with Gasteiger partial charge < -0.3 is 4.42 Å². The maximum atomic E-state index is 12.9. The van der Waals surface area contributed by atoms with E-state index in [1.54, 1.807) is 0 Å². The van der Waals surface area contributed by atoms with Crippen LogP contribution in [0.15, 0.2) is 46.4 Å². The topological polar surface area (TPSA) is 106 Å². The van der Waals surface area contributed by atoms with Crippen molar-refractivity contribution in [1.82, 2.24) is 5.43 Å². The van der Waals surface area contributed by atoms with Crippen LogP contribution in [0.3, 0.4) is 0 Å². The second-order valence-electron chi connectivity index (χ2n) is 4.55. The van der Waals surface area contributed by atoms with E-state index >= 15 is 0 Å². The number of hydrazine groups is 1. The summed E-state index contributed by atoms with van der Waals surface area (Å²) < 4.78 is 17.8. The average molecular weight is 317 g/mol. The predicted molar refractivity (Wildman–Crippen MR) is 75.4 cm³/mol. The summed E-state index contributed by atoms with van der Waals surface area (Å²) in [6.45, 7) is 0. The Morgan fingerprint density at radius 2 is 1.87 bits per heavy atom. The number of carbonyl (C=O) groups excluding carboxylic acids is 2. The molecule has 2 aromatic rings. The fourth-order valence-electron chi connectivity index (χ4n) is 1.99. The summed E-state index contributed by atoms with van der Waals surface area (Å²) >= 11 is 0. The van der Waals surface area contributed by atoms with Gasteiger partial charge in [-0.15, -0.1) is 0 Å². The molecule has 1 aromatic heterocycles. The second kappa shape index (κ2) is 5.37. The monoisotopic (exact) mass is 317 g/mol. The van der Waals surface area contributed by atoms with Crippen molar-refractivity contribution in [3.63, 3.8) is 0 Å². The third-order valence-electron chi connectivity index (χ3n) is 3.06. The molecule has 0 saturated carbocycles. The highest BCUT2D eigenvalue weighted by Gasteiger charge is 2.34. The first-order valence-electron chi connectivity index (χ1n) is 6.32. The van der Waals surface area contributed by atoms with Crippen LogP contribution >= 0.6 is 0 Å². The molecule has 1 aromatic carbocycles. The number of halogens is 1. The van der Waals surface area contributed by atoms with Gasteiger partial charge in [0, 0.05) is 0 Å². The highest BCUT2D eigenvalue weighted by Crippen LogP contribution is 2.23. The van der Waals surface area contributed by atoms with Crippen molar-refractivity contribution >= 4 is 29.5 Å². The zero-order valence-electron chi connectivity index (χ0n) is 11.4. The Hall–Kier alpha value is -3.49. The van der Waals surface area contributed by atoms with Crippen molar-refractivity contribution in [1.29, 1.82) is 0 Å². The molecule has 1 N–H and O–H groups in total. The molecule has 1 aliphatic heterocycles. The number of nitrogens with one attached hydrogen (secondary N) is 1.